The number of rotatable bonds is 5. The van der Waals surface area contributed by atoms with Crippen LogP contribution < -0.4 is 19.5 Å². The minimum atomic E-state index is 0.0274. The molecule has 0 saturated carbocycles. The lowest BCUT2D eigenvalue weighted by Gasteiger charge is -2.22. The molecule has 1 heterocycles. The number of benzene rings is 1. The van der Waals surface area contributed by atoms with Crippen LogP contribution in [0.1, 0.15) is 33.3 Å². The van der Waals surface area contributed by atoms with Crippen LogP contribution in [0.15, 0.2) is 23.2 Å². The van der Waals surface area contributed by atoms with E-state index in [1.54, 1.807) is 0 Å². The second-order valence-electron chi connectivity index (χ2n) is 6.16. The first kappa shape index (κ1) is 16.0. The molecule has 1 aliphatic rings. The molecule has 116 valence electrons. The van der Waals surface area contributed by atoms with Crippen molar-refractivity contribution in [2.45, 2.75) is 39.8 Å². The molecule has 0 unspecified atom stereocenters. The maximum atomic E-state index is 5.85. The van der Waals surface area contributed by atoms with Crippen LogP contribution in [0.25, 0.3) is 0 Å². The third kappa shape index (κ3) is 4.55. The van der Waals surface area contributed by atoms with Gasteiger partial charge in [0, 0.05) is 29.2 Å². The third-order valence-electron chi connectivity index (χ3n) is 3.01. The molecule has 0 bridgehead atoms. The van der Waals surface area contributed by atoms with E-state index in [2.05, 4.69) is 26.1 Å². The van der Waals surface area contributed by atoms with Gasteiger partial charge in [-0.1, -0.05) is 11.6 Å². The average molecular weight is 312 g/mol. The number of fused-ring (bicyclic) bond motifs is 1. The van der Waals surface area contributed by atoms with Gasteiger partial charge in [0.25, 0.3) is 0 Å². The van der Waals surface area contributed by atoms with E-state index in [1.807, 2.05) is 19.1 Å². The molecule has 5 heteroatoms. The van der Waals surface area contributed by atoms with Crippen molar-refractivity contribution in [3.63, 3.8) is 0 Å². The van der Waals surface area contributed by atoms with Crippen molar-refractivity contribution in [2.75, 3.05) is 13.4 Å². The summed E-state index contributed by atoms with van der Waals surface area (Å²) < 4.78 is 16.7. The Morgan fingerprint density at radius 1 is 1.33 bits per heavy atom. The summed E-state index contributed by atoms with van der Waals surface area (Å²) in [7, 11) is 0. The molecule has 1 N–H and O–H groups in total. The highest BCUT2D eigenvalue weighted by molar-refractivity contribution is 6.25. The van der Waals surface area contributed by atoms with Crippen LogP contribution in [0.3, 0.4) is 0 Å². The van der Waals surface area contributed by atoms with E-state index in [4.69, 9.17) is 25.8 Å². The zero-order chi connectivity index (χ0) is 15.5. The summed E-state index contributed by atoms with van der Waals surface area (Å²) in [5.74, 6) is 2.27. The number of halogens is 1. The van der Waals surface area contributed by atoms with E-state index in [1.165, 1.54) is 5.54 Å². The van der Waals surface area contributed by atoms with Crippen molar-refractivity contribution in [3.05, 3.63) is 28.8 Å². The van der Waals surface area contributed by atoms with Gasteiger partial charge in [-0.3, -0.25) is 0 Å². The Morgan fingerprint density at radius 3 is 2.62 bits per heavy atom. The highest BCUT2D eigenvalue weighted by Crippen LogP contribution is 2.38. The number of nitrogens with one attached hydrogen (secondary N) is 1. The third-order valence-corrected chi connectivity index (χ3v) is 3.38. The first-order chi connectivity index (χ1) is 9.89. The summed E-state index contributed by atoms with van der Waals surface area (Å²) in [6, 6.07) is 3.85. The highest BCUT2D eigenvalue weighted by atomic mass is 35.5. The maximum absolute atomic E-state index is 5.85. The molecular weight excluding hydrogens is 290 g/mol. The fourth-order valence-electron chi connectivity index (χ4n) is 1.82. The second kappa shape index (κ2) is 6.58. The molecule has 0 aliphatic carbocycles. The van der Waals surface area contributed by atoms with Crippen molar-refractivity contribution in [3.8, 4) is 17.2 Å². The molecule has 1 aromatic carbocycles. The standard InChI is InChI=1S/C16H22ClNO3/c1-11(7-17)9-19-13-6-15-14(20-10-21-15)5-12(13)8-18-16(2,3)4/h5-7,18H,8-10H2,1-4H3/b11-7-. The van der Waals surface area contributed by atoms with Gasteiger partial charge < -0.3 is 19.5 Å². The van der Waals surface area contributed by atoms with Crippen LogP contribution in [-0.4, -0.2) is 18.9 Å². The quantitative estimate of drug-likeness (QED) is 0.897. The molecule has 1 aliphatic heterocycles. The Bertz CT molecular complexity index is 535. The van der Waals surface area contributed by atoms with E-state index in [9.17, 15) is 0 Å². The molecule has 0 aromatic heterocycles. The van der Waals surface area contributed by atoms with Gasteiger partial charge >= 0.3 is 0 Å². The fourth-order valence-corrected chi connectivity index (χ4v) is 1.88. The smallest absolute Gasteiger partial charge is 0.231 e. The summed E-state index contributed by atoms with van der Waals surface area (Å²) in [6.45, 7) is 9.70. The fraction of sp³-hybridized carbons (Fsp3) is 0.500. The first-order valence-electron chi connectivity index (χ1n) is 6.95. The number of ether oxygens (including phenoxy) is 3. The molecule has 0 saturated heterocycles. The minimum Gasteiger partial charge on any atom is -0.489 e. The first-order valence-corrected chi connectivity index (χ1v) is 7.39. The average Bonchev–Trinajstić information content (AvgIpc) is 2.87. The van der Waals surface area contributed by atoms with Crippen LogP contribution >= 0.6 is 11.6 Å². The van der Waals surface area contributed by atoms with Gasteiger partial charge in [0.1, 0.15) is 12.4 Å². The Hall–Kier alpha value is -1.39. The van der Waals surface area contributed by atoms with E-state index >= 15 is 0 Å². The molecule has 4 nitrogen and oxygen atoms in total. The van der Waals surface area contributed by atoms with Crippen LogP contribution in [0.5, 0.6) is 17.2 Å². The molecule has 1 aromatic rings. The number of hydrogen-bond donors (Lipinski definition) is 1. The maximum Gasteiger partial charge on any atom is 0.231 e. The Balaban J connectivity index is 2.19. The van der Waals surface area contributed by atoms with Crippen LogP contribution in [0, 0.1) is 0 Å². The van der Waals surface area contributed by atoms with Gasteiger partial charge in [0.15, 0.2) is 11.5 Å². The van der Waals surface area contributed by atoms with Gasteiger partial charge in [0.05, 0.1) is 0 Å². The van der Waals surface area contributed by atoms with Crippen LogP contribution in [-0.2, 0) is 6.54 Å². The van der Waals surface area contributed by atoms with Crippen molar-refractivity contribution in [1.29, 1.82) is 0 Å². The minimum absolute atomic E-state index is 0.0274. The van der Waals surface area contributed by atoms with Gasteiger partial charge in [-0.25, -0.2) is 0 Å². The second-order valence-corrected chi connectivity index (χ2v) is 6.38. The largest absolute Gasteiger partial charge is 0.489 e. The van der Waals surface area contributed by atoms with Crippen molar-refractivity contribution in [1.82, 2.24) is 5.32 Å². The molecule has 21 heavy (non-hydrogen) atoms. The Labute approximate surface area is 131 Å². The lowest BCUT2D eigenvalue weighted by atomic mass is 10.1. The molecule has 0 amide bonds. The topological polar surface area (TPSA) is 39.7 Å². The van der Waals surface area contributed by atoms with Gasteiger partial charge in [-0.2, -0.15) is 0 Å². The van der Waals surface area contributed by atoms with Gasteiger partial charge in [-0.05, 0) is 39.3 Å². The van der Waals surface area contributed by atoms with E-state index in [-0.39, 0.29) is 12.3 Å². The highest BCUT2D eigenvalue weighted by Gasteiger charge is 2.19. The van der Waals surface area contributed by atoms with Gasteiger partial charge in [0.2, 0.25) is 6.79 Å². The van der Waals surface area contributed by atoms with Crippen molar-refractivity contribution < 1.29 is 14.2 Å². The van der Waals surface area contributed by atoms with Crippen LogP contribution in [0.4, 0.5) is 0 Å². The summed E-state index contributed by atoms with van der Waals surface area (Å²) in [4.78, 5) is 0. The van der Waals surface area contributed by atoms with E-state index in [0.717, 1.165) is 28.4 Å². The van der Waals surface area contributed by atoms with Crippen molar-refractivity contribution in [2.24, 2.45) is 0 Å². The summed E-state index contributed by atoms with van der Waals surface area (Å²) in [5.41, 5.74) is 3.56. The van der Waals surface area contributed by atoms with Gasteiger partial charge in [-0.15, -0.1) is 0 Å². The molecule has 0 radical (unpaired) electrons. The lowest BCUT2D eigenvalue weighted by molar-refractivity contribution is 0.173. The van der Waals surface area contributed by atoms with E-state index in [0.29, 0.717) is 13.2 Å². The molecule has 0 fully saturated rings. The molecular formula is C16H22ClNO3. The summed E-state index contributed by atoms with van der Waals surface area (Å²) in [6.07, 6.45) is 0. The summed E-state index contributed by atoms with van der Waals surface area (Å²) >= 11 is 5.67. The van der Waals surface area contributed by atoms with Crippen LogP contribution in [0.2, 0.25) is 0 Å². The molecule has 2 rings (SSSR count). The Kier molecular flexibility index (Phi) is 5.01. The normalized spacial score (nSPS) is 14.4. The number of hydrogen-bond acceptors (Lipinski definition) is 4. The van der Waals surface area contributed by atoms with Crippen molar-refractivity contribution >= 4 is 11.6 Å². The predicted molar refractivity (Wildman–Crippen MR) is 84.3 cm³/mol. The van der Waals surface area contributed by atoms with E-state index < -0.39 is 0 Å². The predicted octanol–water partition coefficient (Wildman–Crippen LogP) is 3.82. The molecule has 0 atom stereocenters. The zero-order valence-corrected chi connectivity index (χ0v) is 13.7. The Morgan fingerprint density at radius 2 is 2.00 bits per heavy atom. The summed E-state index contributed by atoms with van der Waals surface area (Å²) in [5, 5.41) is 3.45. The zero-order valence-electron chi connectivity index (χ0n) is 13.0. The lowest BCUT2D eigenvalue weighted by Crippen LogP contribution is -2.35. The monoisotopic (exact) mass is 311 g/mol. The molecule has 0 spiro atoms. The SMILES string of the molecule is C/C(=C/Cl)COc1cc2c(cc1CNC(C)(C)C)OCO2.